The Hall–Kier alpha value is -3.98. The Morgan fingerprint density at radius 3 is 2.39 bits per heavy atom. The van der Waals surface area contributed by atoms with E-state index >= 15 is 0 Å². The summed E-state index contributed by atoms with van der Waals surface area (Å²) in [6.45, 7) is 3.16. The maximum atomic E-state index is 11.4. The zero-order chi connectivity index (χ0) is 23.4. The Balaban J connectivity index is 1.64. The van der Waals surface area contributed by atoms with Crippen LogP contribution in [0.3, 0.4) is 0 Å². The molecule has 4 rings (SSSR count). The van der Waals surface area contributed by atoms with Crippen molar-refractivity contribution in [2.24, 2.45) is 5.10 Å². The molecule has 0 radical (unpaired) electrons. The molecule has 0 aliphatic carbocycles. The van der Waals surface area contributed by atoms with Crippen LogP contribution in [0.2, 0.25) is 0 Å². The van der Waals surface area contributed by atoms with Gasteiger partial charge in [-0.3, -0.25) is 10.2 Å². The molecule has 4 aromatic rings. The second kappa shape index (κ2) is 9.66. The van der Waals surface area contributed by atoms with Crippen molar-refractivity contribution in [3.05, 3.63) is 59.9 Å². The summed E-state index contributed by atoms with van der Waals surface area (Å²) in [5, 5.41) is 5.24. The molecule has 0 spiro atoms. The number of esters is 1. The lowest BCUT2D eigenvalue weighted by molar-refractivity contribution is -0.132. The minimum Gasteiger partial charge on any atom is -0.493 e. The quantitative estimate of drug-likeness (QED) is 0.178. The fourth-order valence-electron chi connectivity index (χ4n) is 3.25. The standard InChI is InChI=1S/C24H22N4O4S/c1-14-26-23(18-12-21(33-24(18)27-14)17-8-6-5-7-9-17)28-25-13-16-10-19(30-3)22(32-15(2)29)20(11-16)31-4/h5-13H,1-4H3,(H,26,27,28)/b25-13+. The van der Waals surface area contributed by atoms with E-state index < -0.39 is 5.97 Å². The van der Waals surface area contributed by atoms with Crippen molar-refractivity contribution in [3.63, 3.8) is 0 Å². The number of anilines is 1. The second-order valence-electron chi connectivity index (χ2n) is 7.03. The molecule has 0 aliphatic heterocycles. The van der Waals surface area contributed by atoms with Gasteiger partial charge in [0.1, 0.15) is 10.7 Å². The molecule has 33 heavy (non-hydrogen) atoms. The monoisotopic (exact) mass is 462 g/mol. The van der Waals surface area contributed by atoms with Crippen LogP contribution in [-0.2, 0) is 4.79 Å². The Morgan fingerprint density at radius 1 is 1.06 bits per heavy atom. The molecule has 0 fully saturated rings. The van der Waals surface area contributed by atoms with Gasteiger partial charge < -0.3 is 14.2 Å². The number of hydrogen-bond donors (Lipinski definition) is 1. The zero-order valence-electron chi connectivity index (χ0n) is 18.6. The second-order valence-corrected chi connectivity index (χ2v) is 8.06. The highest BCUT2D eigenvalue weighted by molar-refractivity contribution is 7.21. The maximum Gasteiger partial charge on any atom is 0.308 e. The molecule has 8 nitrogen and oxygen atoms in total. The molecule has 0 unspecified atom stereocenters. The molecule has 2 aromatic carbocycles. The summed E-state index contributed by atoms with van der Waals surface area (Å²) in [6, 6.07) is 15.6. The van der Waals surface area contributed by atoms with Gasteiger partial charge in [0.25, 0.3) is 0 Å². The largest absolute Gasteiger partial charge is 0.493 e. The average molecular weight is 463 g/mol. The van der Waals surface area contributed by atoms with E-state index in [1.807, 2.05) is 25.1 Å². The number of carbonyl (C=O) groups excluding carboxylic acids is 1. The van der Waals surface area contributed by atoms with Gasteiger partial charge in [0.05, 0.1) is 25.8 Å². The van der Waals surface area contributed by atoms with Gasteiger partial charge in [-0.1, -0.05) is 30.3 Å². The smallest absolute Gasteiger partial charge is 0.308 e. The summed E-state index contributed by atoms with van der Waals surface area (Å²) in [7, 11) is 2.98. The highest BCUT2D eigenvalue weighted by Gasteiger charge is 2.16. The predicted octanol–water partition coefficient (Wildman–Crippen LogP) is 5.06. The van der Waals surface area contributed by atoms with Crippen molar-refractivity contribution in [3.8, 4) is 27.7 Å². The Morgan fingerprint density at radius 2 is 1.76 bits per heavy atom. The summed E-state index contributed by atoms with van der Waals surface area (Å²) < 4.78 is 15.9. The number of nitrogens with zero attached hydrogens (tertiary/aromatic N) is 3. The van der Waals surface area contributed by atoms with Crippen LogP contribution < -0.4 is 19.6 Å². The first-order valence-electron chi connectivity index (χ1n) is 10.1. The number of nitrogens with one attached hydrogen (secondary N) is 1. The molecular weight excluding hydrogens is 440 g/mol. The van der Waals surface area contributed by atoms with Crippen LogP contribution in [0.15, 0.2) is 53.6 Å². The maximum absolute atomic E-state index is 11.4. The lowest BCUT2D eigenvalue weighted by Gasteiger charge is -2.13. The molecule has 0 amide bonds. The lowest BCUT2D eigenvalue weighted by Crippen LogP contribution is -2.05. The minimum absolute atomic E-state index is 0.220. The molecule has 0 bridgehead atoms. The third-order valence-electron chi connectivity index (χ3n) is 4.68. The molecule has 0 aliphatic rings. The number of carbonyl (C=O) groups is 1. The molecule has 1 N–H and O–H groups in total. The molecule has 9 heteroatoms. The Kier molecular flexibility index (Phi) is 6.50. The van der Waals surface area contributed by atoms with Crippen LogP contribution in [0, 0.1) is 6.92 Å². The van der Waals surface area contributed by atoms with E-state index in [1.165, 1.54) is 21.1 Å². The number of hydrogen-bond acceptors (Lipinski definition) is 9. The minimum atomic E-state index is -0.469. The number of aromatic nitrogens is 2. The van der Waals surface area contributed by atoms with E-state index in [0.29, 0.717) is 28.7 Å². The van der Waals surface area contributed by atoms with Crippen LogP contribution in [-0.4, -0.2) is 36.4 Å². The fraction of sp³-hybridized carbons (Fsp3) is 0.167. The molecular formula is C24H22N4O4S. The summed E-state index contributed by atoms with van der Waals surface area (Å²) >= 11 is 1.61. The number of methoxy groups -OCH3 is 2. The number of thiophene rings is 1. The first-order chi connectivity index (χ1) is 16.0. The van der Waals surface area contributed by atoms with E-state index in [2.05, 4.69) is 38.7 Å². The number of fused-ring (bicyclic) bond motifs is 1. The molecule has 2 heterocycles. The molecule has 168 valence electrons. The van der Waals surface area contributed by atoms with Gasteiger partial charge in [-0.05, 0) is 30.7 Å². The van der Waals surface area contributed by atoms with E-state index in [9.17, 15) is 4.79 Å². The van der Waals surface area contributed by atoms with E-state index in [4.69, 9.17) is 14.2 Å². The highest BCUT2D eigenvalue weighted by atomic mass is 32.1. The Labute approximate surface area is 194 Å². The van der Waals surface area contributed by atoms with Crippen molar-refractivity contribution in [1.82, 2.24) is 9.97 Å². The van der Waals surface area contributed by atoms with Gasteiger partial charge in [0, 0.05) is 17.4 Å². The number of aryl methyl sites for hydroxylation is 1. The van der Waals surface area contributed by atoms with Gasteiger partial charge in [0.15, 0.2) is 17.3 Å². The molecule has 0 saturated carbocycles. The average Bonchev–Trinajstić information content (AvgIpc) is 3.24. The first-order valence-corrected chi connectivity index (χ1v) is 10.9. The van der Waals surface area contributed by atoms with Gasteiger partial charge in [0.2, 0.25) is 5.75 Å². The van der Waals surface area contributed by atoms with Crippen molar-refractivity contribution in [2.75, 3.05) is 19.6 Å². The third-order valence-corrected chi connectivity index (χ3v) is 5.75. The van der Waals surface area contributed by atoms with Crippen LogP contribution in [0.5, 0.6) is 17.2 Å². The number of benzene rings is 2. The number of ether oxygens (including phenoxy) is 3. The predicted molar refractivity (Wildman–Crippen MR) is 130 cm³/mol. The van der Waals surface area contributed by atoms with E-state index in [1.54, 1.807) is 29.7 Å². The van der Waals surface area contributed by atoms with Crippen LogP contribution in [0.1, 0.15) is 18.3 Å². The van der Waals surface area contributed by atoms with E-state index in [-0.39, 0.29) is 5.75 Å². The van der Waals surface area contributed by atoms with Crippen LogP contribution in [0.25, 0.3) is 20.7 Å². The first kappa shape index (κ1) is 22.2. The third kappa shape index (κ3) is 4.93. The SMILES string of the molecule is COc1cc(/C=N/Nc2nc(C)nc3sc(-c4ccccc4)cc23)cc(OC)c1OC(C)=O. The van der Waals surface area contributed by atoms with Crippen molar-refractivity contribution in [2.45, 2.75) is 13.8 Å². The van der Waals surface area contributed by atoms with Crippen LogP contribution in [0.4, 0.5) is 5.82 Å². The Bertz CT molecular complexity index is 1310. The molecule has 0 atom stereocenters. The van der Waals surface area contributed by atoms with Crippen molar-refractivity contribution >= 4 is 39.6 Å². The summed E-state index contributed by atoms with van der Waals surface area (Å²) in [4.78, 5) is 22.5. The summed E-state index contributed by atoms with van der Waals surface area (Å²) in [6.07, 6.45) is 1.61. The lowest BCUT2D eigenvalue weighted by atomic mass is 10.2. The van der Waals surface area contributed by atoms with E-state index in [0.717, 1.165) is 20.7 Å². The summed E-state index contributed by atoms with van der Waals surface area (Å²) in [5.41, 5.74) is 4.83. The van der Waals surface area contributed by atoms with Gasteiger partial charge in [-0.2, -0.15) is 5.10 Å². The summed E-state index contributed by atoms with van der Waals surface area (Å²) in [5.74, 6) is 1.73. The topological polar surface area (TPSA) is 94.9 Å². The molecule has 0 saturated heterocycles. The van der Waals surface area contributed by atoms with Crippen molar-refractivity contribution < 1.29 is 19.0 Å². The van der Waals surface area contributed by atoms with Gasteiger partial charge in [-0.15, -0.1) is 11.3 Å². The number of rotatable bonds is 7. The van der Waals surface area contributed by atoms with Crippen LogP contribution >= 0.6 is 11.3 Å². The fourth-order valence-corrected chi connectivity index (χ4v) is 4.33. The van der Waals surface area contributed by atoms with Crippen molar-refractivity contribution in [1.29, 1.82) is 0 Å². The normalized spacial score (nSPS) is 11.0. The molecule has 2 aromatic heterocycles. The number of hydrazone groups is 1. The highest BCUT2D eigenvalue weighted by Crippen LogP contribution is 2.38. The van der Waals surface area contributed by atoms with Gasteiger partial charge >= 0.3 is 5.97 Å². The van der Waals surface area contributed by atoms with Gasteiger partial charge in [-0.25, -0.2) is 9.97 Å². The zero-order valence-corrected chi connectivity index (χ0v) is 19.4.